The van der Waals surface area contributed by atoms with Crippen LogP contribution in [-0.4, -0.2) is 48.5 Å². The zero-order valence-electron chi connectivity index (χ0n) is 19.2. The fourth-order valence-electron chi connectivity index (χ4n) is 6.60. The number of carbonyl (C=O) groups is 3. The number of methoxy groups -OCH3 is 1. The van der Waals surface area contributed by atoms with Crippen LogP contribution in [0.25, 0.3) is 0 Å². The number of halogens is 7. The lowest BCUT2D eigenvalue weighted by molar-refractivity contribution is -0.173. The molecule has 3 fully saturated rings. The van der Waals surface area contributed by atoms with Gasteiger partial charge in [0, 0.05) is 23.2 Å². The van der Waals surface area contributed by atoms with Crippen molar-refractivity contribution in [2.45, 2.75) is 24.2 Å². The molecule has 4 aliphatic rings. The Morgan fingerprint density at radius 1 is 1.00 bits per heavy atom. The lowest BCUT2D eigenvalue weighted by Gasteiger charge is -2.37. The van der Waals surface area contributed by atoms with Gasteiger partial charge in [0.2, 0.25) is 11.8 Å². The van der Waals surface area contributed by atoms with Crippen LogP contribution in [0.3, 0.4) is 0 Å². The van der Waals surface area contributed by atoms with Crippen LogP contribution in [-0.2, 0) is 19.9 Å². The third-order valence-electron chi connectivity index (χ3n) is 7.97. The molecule has 4 aliphatic heterocycles. The van der Waals surface area contributed by atoms with E-state index in [1.807, 2.05) is 0 Å². The number of rotatable bonds is 2. The van der Waals surface area contributed by atoms with Crippen molar-refractivity contribution in [2.24, 2.45) is 17.8 Å². The van der Waals surface area contributed by atoms with Gasteiger partial charge in [0.05, 0.1) is 51.3 Å². The minimum atomic E-state index is -4.58. The first-order valence-corrected chi connectivity index (χ1v) is 12.9. The summed E-state index contributed by atoms with van der Waals surface area (Å²) in [6.45, 7) is -0.571. The molecule has 3 saturated heterocycles. The number of ether oxygens (including phenoxy) is 1. The van der Waals surface area contributed by atoms with Crippen LogP contribution in [0.5, 0.6) is 5.75 Å². The first kappa shape index (κ1) is 26.0. The molecule has 0 aromatic heterocycles. The summed E-state index contributed by atoms with van der Waals surface area (Å²) in [5.74, 6) is -6.54. The number of anilines is 2. The summed E-state index contributed by atoms with van der Waals surface area (Å²) in [5.41, 5.74) is -1.61. The third kappa shape index (κ3) is 3.24. The van der Waals surface area contributed by atoms with Gasteiger partial charge in [-0.25, -0.2) is 4.90 Å². The van der Waals surface area contributed by atoms with E-state index < -0.39 is 66.2 Å². The molecule has 2 aromatic rings. The largest absolute Gasteiger partial charge is 0.494 e. The number of nitrogens with one attached hydrogen (secondary N) is 1. The maximum atomic E-state index is 14.1. The molecule has 0 radical (unpaired) electrons. The fourth-order valence-corrected chi connectivity index (χ4v) is 7.77. The van der Waals surface area contributed by atoms with E-state index in [1.54, 1.807) is 0 Å². The predicted molar refractivity (Wildman–Crippen MR) is 134 cm³/mol. The molecule has 38 heavy (non-hydrogen) atoms. The van der Waals surface area contributed by atoms with Gasteiger partial charge in [-0.15, -0.1) is 0 Å². The Morgan fingerprint density at radius 2 is 1.66 bits per heavy atom. The van der Waals surface area contributed by atoms with Gasteiger partial charge >= 0.3 is 6.18 Å². The lowest BCUT2D eigenvalue weighted by atomic mass is 9.75. The molecule has 7 nitrogen and oxygen atoms in total. The number of hydrogen-bond acceptors (Lipinski definition) is 5. The van der Waals surface area contributed by atoms with Gasteiger partial charge in [-0.1, -0.05) is 46.4 Å². The van der Waals surface area contributed by atoms with Crippen molar-refractivity contribution in [1.29, 1.82) is 0 Å². The van der Waals surface area contributed by atoms with E-state index in [1.165, 1.54) is 36.3 Å². The molecule has 5 atom stereocenters. The molecule has 3 amide bonds. The maximum absolute atomic E-state index is 14.1. The van der Waals surface area contributed by atoms with Gasteiger partial charge in [-0.05, 0) is 30.7 Å². The average molecular weight is 609 g/mol. The normalized spacial score (nSPS) is 30.2. The Kier molecular flexibility index (Phi) is 5.73. The van der Waals surface area contributed by atoms with Crippen LogP contribution >= 0.6 is 46.4 Å². The first-order chi connectivity index (χ1) is 17.8. The second-order valence-electron chi connectivity index (χ2n) is 9.68. The average Bonchev–Trinajstić information content (AvgIpc) is 3.50. The van der Waals surface area contributed by atoms with Crippen molar-refractivity contribution in [3.63, 3.8) is 0 Å². The molecule has 14 heteroatoms. The summed E-state index contributed by atoms with van der Waals surface area (Å²) in [7, 11) is 1.34. The zero-order chi connectivity index (χ0) is 27.5. The number of amides is 3. The van der Waals surface area contributed by atoms with E-state index in [2.05, 4.69) is 5.32 Å². The van der Waals surface area contributed by atoms with Crippen LogP contribution in [0.1, 0.15) is 12.0 Å². The first-order valence-electron chi connectivity index (χ1n) is 11.4. The third-order valence-corrected chi connectivity index (χ3v) is 9.05. The van der Waals surface area contributed by atoms with Gasteiger partial charge in [0.25, 0.3) is 5.91 Å². The summed E-state index contributed by atoms with van der Waals surface area (Å²) >= 11 is 25.1. The SMILES string of the molecule is COc1c(Cl)cc(N2C(=O)C3C4C[C@H](C(F)(F)F)CN4C4(C(=O)Nc5c(Cl)cc(Cl)cc54)C3C2=O)cc1Cl. The van der Waals surface area contributed by atoms with E-state index in [-0.39, 0.29) is 42.8 Å². The van der Waals surface area contributed by atoms with E-state index in [9.17, 15) is 27.6 Å². The Morgan fingerprint density at radius 3 is 2.26 bits per heavy atom. The van der Waals surface area contributed by atoms with Crippen molar-refractivity contribution in [3.05, 3.63) is 49.9 Å². The van der Waals surface area contributed by atoms with Crippen molar-refractivity contribution < 1.29 is 32.3 Å². The molecule has 200 valence electrons. The Hall–Kier alpha value is -2.24. The number of alkyl halides is 3. The molecule has 4 unspecified atom stereocenters. The van der Waals surface area contributed by atoms with E-state index >= 15 is 0 Å². The fraction of sp³-hybridized carbons (Fsp3) is 0.375. The van der Waals surface area contributed by atoms with Gasteiger partial charge in [-0.3, -0.25) is 19.3 Å². The minimum absolute atomic E-state index is 0.0139. The standard InChI is InChI=1S/C24H16Cl4F3N3O4/c1-38-19-13(27)5-10(6-14(19)28)34-20(35)16-15-2-8(24(29,30)31)7-33(15)23(17(16)21(34)36)11-3-9(25)4-12(26)18(11)32-22(23)37/h3-6,8,15-17H,2,7H2,1H3,(H,32,37)/t8-,15?,16?,17?,23?/m0/s1. The highest BCUT2D eigenvalue weighted by Crippen LogP contribution is 2.63. The number of imide groups is 1. The molecule has 6 rings (SSSR count). The van der Waals surface area contributed by atoms with Crippen molar-refractivity contribution in [1.82, 2.24) is 4.90 Å². The highest BCUT2D eigenvalue weighted by atomic mass is 35.5. The quantitative estimate of drug-likeness (QED) is 0.454. The summed E-state index contributed by atoms with van der Waals surface area (Å²) in [6.07, 6.45) is -5.03. The summed E-state index contributed by atoms with van der Waals surface area (Å²) < 4.78 is 46.9. The van der Waals surface area contributed by atoms with E-state index in [0.717, 1.165) is 4.90 Å². The number of benzene rings is 2. The van der Waals surface area contributed by atoms with E-state index in [0.29, 0.717) is 0 Å². The molecule has 0 saturated carbocycles. The number of hydrogen-bond donors (Lipinski definition) is 1. The van der Waals surface area contributed by atoms with Crippen LogP contribution in [0, 0.1) is 17.8 Å². The zero-order valence-corrected chi connectivity index (χ0v) is 22.2. The molecule has 1 N–H and O–H groups in total. The summed E-state index contributed by atoms with van der Waals surface area (Å²) in [4.78, 5) is 43.9. The van der Waals surface area contributed by atoms with Gasteiger partial charge in [-0.2, -0.15) is 13.2 Å². The van der Waals surface area contributed by atoms with Crippen LogP contribution in [0.4, 0.5) is 24.5 Å². The summed E-state index contributed by atoms with van der Waals surface area (Å²) in [6, 6.07) is 4.34. The molecule has 0 bridgehead atoms. The van der Waals surface area contributed by atoms with Crippen LogP contribution in [0.2, 0.25) is 20.1 Å². The van der Waals surface area contributed by atoms with Gasteiger partial charge < -0.3 is 10.1 Å². The van der Waals surface area contributed by atoms with Crippen LogP contribution < -0.4 is 15.0 Å². The lowest BCUT2D eigenvalue weighted by Crippen LogP contribution is -2.54. The molecule has 4 heterocycles. The monoisotopic (exact) mass is 607 g/mol. The Balaban J connectivity index is 1.56. The summed E-state index contributed by atoms with van der Waals surface area (Å²) in [5, 5.41) is 2.86. The minimum Gasteiger partial charge on any atom is -0.494 e. The van der Waals surface area contributed by atoms with E-state index in [4.69, 9.17) is 51.1 Å². The second kappa shape index (κ2) is 8.38. The molecule has 0 aliphatic carbocycles. The van der Waals surface area contributed by atoms with Crippen molar-refractivity contribution in [2.75, 3.05) is 23.9 Å². The number of nitrogens with zero attached hydrogens (tertiary/aromatic N) is 2. The molecule has 2 aromatic carbocycles. The second-order valence-corrected chi connectivity index (χ2v) is 11.3. The number of carbonyl (C=O) groups excluding carboxylic acids is 3. The molecule has 1 spiro atoms. The maximum Gasteiger partial charge on any atom is 0.393 e. The predicted octanol–water partition coefficient (Wildman–Crippen LogP) is 5.53. The Bertz CT molecular complexity index is 1430. The number of fused-ring (bicyclic) bond motifs is 7. The highest BCUT2D eigenvalue weighted by Gasteiger charge is 2.76. The Labute approximate surface area is 233 Å². The van der Waals surface area contributed by atoms with Crippen molar-refractivity contribution in [3.8, 4) is 5.75 Å². The highest BCUT2D eigenvalue weighted by molar-refractivity contribution is 6.39. The van der Waals surface area contributed by atoms with Crippen molar-refractivity contribution >= 4 is 75.5 Å². The van der Waals surface area contributed by atoms with Gasteiger partial charge in [0.1, 0.15) is 5.54 Å². The molecular weight excluding hydrogens is 593 g/mol. The smallest absolute Gasteiger partial charge is 0.393 e. The molecular formula is C24H16Cl4F3N3O4. The topological polar surface area (TPSA) is 79.0 Å². The van der Waals surface area contributed by atoms with Crippen LogP contribution in [0.15, 0.2) is 24.3 Å². The van der Waals surface area contributed by atoms with Gasteiger partial charge in [0.15, 0.2) is 5.75 Å².